The van der Waals surface area contributed by atoms with Crippen molar-refractivity contribution in [2.24, 2.45) is 5.92 Å². The van der Waals surface area contributed by atoms with Crippen molar-refractivity contribution >= 4 is 35.1 Å². The Hall–Kier alpha value is -5.10. The van der Waals surface area contributed by atoms with Crippen LogP contribution in [0.15, 0.2) is 61.4 Å². The van der Waals surface area contributed by atoms with Crippen LogP contribution in [0.3, 0.4) is 0 Å². The van der Waals surface area contributed by atoms with Gasteiger partial charge in [0.25, 0.3) is 5.91 Å². The van der Waals surface area contributed by atoms with Gasteiger partial charge in [-0.05, 0) is 37.1 Å². The number of nitrogens with one attached hydrogen (secondary N) is 3. The number of anilines is 3. The second kappa shape index (κ2) is 12.0. The lowest BCUT2D eigenvalue weighted by atomic mass is 10.1. The molecule has 1 saturated carbocycles. The Morgan fingerprint density at radius 2 is 1.93 bits per heavy atom. The van der Waals surface area contributed by atoms with E-state index in [0.717, 1.165) is 55.0 Å². The van der Waals surface area contributed by atoms with E-state index in [1.54, 1.807) is 19.3 Å². The van der Waals surface area contributed by atoms with E-state index < -0.39 is 5.91 Å². The molecule has 0 atom stereocenters. The molecule has 0 unspecified atom stereocenters. The van der Waals surface area contributed by atoms with E-state index in [-0.39, 0.29) is 29.4 Å². The van der Waals surface area contributed by atoms with Crippen LogP contribution in [0, 0.1) is 5.92 Å². The molecule has 2 aliphatic rings. The molecule has 4 heterocycles. The van der Waals surface area contributed by atoms with Crippen LogP contribution < -0.4 is 20.7 Å². The maximum absolute atomic E-state index is 12.6. The maximum Gasteiger partial charge on any atom is 0.273 e. The molecule has 6 rings (SSSR count). The highest BCUT2D eigenvalue weighted by molar-refractivity contribution is 6.00. The van der Waals surface area contributed by atoms with Crippen LogP contribution in [-0.4, -0.2) is 68.9 Å². The summed E-state index contributed by atoms with van der Waals surface area (Å²) < 4.78 is 7.84. The Kier molecular flexibility index (Phi) is 7.84. The van der Waals surface area contributed by atoms with Gasteiger partial charge in [-0.25, -0.2) is 0 Å². The highest BCUT2D eigenvalue weighted by atomic mass is 16.5. The number of rotatable bonds is 11. The molecular formula is C31H33N9O3. The number of aromatic nitrogens is 5. The van der Waals surface area contributed by atoms with Crippen LogP contribution in [0.25, 0.3) is 17.2 Å². The molecule has 0 spiro atoms. The fourth-order valence-corrected chi connectivity index (χ4v) is 5.08. The minimum Gasteiger partial charge on any atom is -0.494 e. The molecule has 3 aromatic heterocycles. The molecule has 220 valence electrons. The number of carbonyl (C=O) groups excluding carboxylic acids is 2. The van der Waals surface area contributed by atoms with E-state index in [1.165, 1.54) is 7.05 Å². The summed E-state index contributed by atoms with van der Waals surface area (Å²) in [5.41, 5.74) is 4.73. The second-order valence-corrected chi connectivity index (χ2v) is 10.7. The number of pyridine rings is 1. The number of hydrogen-bond acceptors (Lipinski definition) is 9. The van der Waals surface area contributed by atoms with E-state index in [4.69, 9.17) is 4.74 Å². The summed E-state index contributed by atoms with van der Waals surface area (Å²) in [7, 11) is 3.12. The average Bonchev–Trinajstić information content (AvgIpc) is 3.76. The van der Waals surface area contributed by atoms with Gasteiger partial charge in [-0.15, -0.1) is 10.2 Å². The van der Waals surface area contributed by atoms with Gasteiger partial charge in [0.2, 0.25) is 5.91 Å². The molecule has 1 aromatic carbocycles. The van der Waals surface area contributed by atoms with Crippen LogP contribution in [-0.2, 0) is 11.3 Å². The number of hydrogen-bond donors (Lipinski definition) is 3. The normalized spacial score (nSPS) is 14.9. The SMILES string of the molecule is C=Cc1cccc(CN2CC(n3cc(-c4cccc(Nc5cc(NC(=O)C6CC6)nnc5C(=O)NC)c4OC)cn3)C2)n1. The van der Waals surface area contributed by atoms with Crippen molar-refractivity contribution in [2.45, 2.75) is 25.4 Å². The first-order valence-electron chi connectivity index (χ1n) is 14.2. The quantitative estimate of drug-likeness (QED) is 0.241. The van der Waals surface area contributed by atoms with Gasteiger partial charge in [0.15, 0.2) is 11.5 Å². The molecule has 2 fully saturated rings. The smallest absolute Gasteiger partial charge is 0.273 e. The monoisotopic (exact) mass is 579 g/mol. The van der Waals surface area contributed by atoms with Gasteiger partial charge in [0.05, 0.1) is 42.1 Å². The van der Waals surface area contributed by atoms with Gasteiger partial charge < -0.3 is 20.7 Å². The predicted octanol–water partition coefficient (Wildman–Crippen LogP) is 3.90. The van der Waals surface area contributed by atoms with Crippen LogP contribution in [0.4, 0.5) is 17.2 Å². The van der Waals surface area contributed by atoms with E-state index in [1.807, 2.05) is 53.5 Å². The van der Waals surface area contributed by atoms with Crippen LogP contribution in [0.5, 0.6) is 5.75 Å². The largest absolute Gasteiger partial charge is 0.494 e. The molecule has 3 N–H and O–H groups in total. The fraction of sp³-hybridized carbons (Fsp3) is 0.290. The molecule has 43 heavy (non-hydrogen) atoms. The highest BCUT2D eigenvalue weighted by Crippen LogP contribution is 2.39. The minimum atomic E-state index is -0.412. The highest BCUT2D eigenvalue weighted by Gasteiger charge is 2.31. The zero-order valence-corrected chi connectivity index (χ0v) is 24.1. The van der Waals surface area contributed by atoms with Crippen LogP contribution in [0.2, 0.25) is 0 Å². The number of likely N-dealkylation sites (tertiary alicyclic amines) is 1. The Morgan fingerprint density at radius 3 is 2.67 bits per heavy atom. The van der Waals surface area contributed by atoms with E-state index in [9.17, 15) is 9.59 Å². The molecule has 12 nitrogen and oxygen atoms in total. The summed E-state index contributed by atoms with van der Waals surface area (Å²) in [6.45, 7) is 6.32. The van der Waals surface area contributed by atoms with Crippen LogP contribution >= 0.6 is 0 Å². The van der Waals surface area contributed by atoms with Gasteiger partial charge in [0, 0.05) is 56.0 Å². The molecule has 0 bridgehead atoms. The van der Waals surface area contributed by atoms with Crippen molar-refractivity contribution in [3.05, 3.63) is 78.5 Å². The second-order valence-electron chi connectivity index (χ2n) is 10.7. The third-order valence-corrected chi connectivity index (χ3v) is 7.57. The van der Waals surface area contributed by atoms with Crippen molar-refractivity contribution in [1.82, 2.24) is 35.2 Å². The molecule has 4 aromatic rings. The van der Waals surface area contributed by atoms with Gasteiger partial charge in [0.1, 0.15) is 5.75 Å². The third kappa shape index (κ3) is 6.09. The lowest BCUT2D eigenvalue weighted by molar-refractivity contribution is -0.117. The number of nitrogens with zero attached hydrogens (tertiary/aromatic N) is 6. The summed E-state index contributed by atoms with van der Waals surface area (Å²) in [5, 5.41) is 21.4. The summed E-state index contributed by atoms with van der Waals surface area (Å²) >= 11 is 0. The fourth-order valence-electron chi connectivity index (χ4n) is 5.08. The van der Waals surface area contributed by atoms with Crippen molar-refractivity contribution in [1.29, 1.82) is 0 Å². The lowest BCUT2D eigenvalue weighted by Gasteiger charge is -2.39. The number of carbonyl (C=O) groups is 2. The third-order valence-electron chi connectivity index (χ3n) is 7.57. The van der Waals surface area contributed by atoms with Crippen molar-refractivity contribution in [2.75, 3.05) is 37.9 Å². The molecule has 12 heteroatoms. The number of para-hydroxylation sites is 1. The summed E-state index contributed by atoms with van der Waals surface area (Å²) in [6.07, 6.45) is 7.34. The number of benzene rings is 1. The average molecular weight is 580 g/mol. The van der Waals surface area contributed by atoms with Gasteiger partial charge >= 0.3 is 0 Å². The Balaban J connectivity index is 1.19. The lowest BCUT2D eigenvalue weighted by Crippen LogP contribution is -2.47. The number of amides is 2. The van der Waals surface area contributed by atoms with E-state index in [2.05, 4.69) is 47.7 Å². The van der Waals surface area contributed by atoms with Crippen molar-refractivity contribution in [3.8, 4) is 16.9 Å². The van der Waals surface area contributed by atoms with Crippen molar-refractivity contribution in [3.63, 3.8) is 0 Å². The van der Waals surface area contributed by atoms with Crippen LogP contribution in [0.1, 0.15) is 40.8 Å². The first-order chi connectivity index (χ1) is 20.9. The maximum atomic E-state index is 12.6. The Bertz CT molecular complexity index is 1670. The molecule has 1 aliphatic carbocycles. The molecular weight excluding hydrogens is 546 g/mol. The summed E-state index contributed by atoms with van der Waals surface area (Å²) in [6, 6.07) is 13.6. The zero-order valence-electron chi connectivity index (χ0n) is 24.1. The first-order valence-corrected chi connectivity index (χ1v) is 14.2. The molecule has 1 aliphatic heterocycles. The first kappa shape index (κ1) is 28.0. The Morgan fingerprint density at radius 1 is 1.12 bits per heavy atom. The number of ether oxygens (including phenoxy) is 1. The van der Waals surface area contributed by atoms with Gasteiger partial charge in [-0.3, -0.25) is 24.2 Å². The zero-order chi connectivity index (χ0) is 29.9. The molecule has 0 radical (unpaired) electrons. The summed E-state index contributed by atoms with van der Waals surface area (Å²) in [5.74, 6) is 0.336. The Labute approximate surface area is 249 Å². The van der Waals surface area contributed by atoms with Gasteiger partial charge in [-0.2, -0.15) is 5.10 Å². The van der Waals surface area contributed by atoms with Gasteiger partial charge in [-0.1, -0.05) is 24.8 Å². The standard InChI is InChI=1S/C31H33N9O3/c1-4-21-7-5-8-22(34-21)16-39-17-23(18-39)40-15-20(14-33-40)24-9-6-10-25(29(24)43-3)35-26-13-27(36-30(41)19-11-12-19)37-38-28(26)31(42)32-2/h4-10,13-15,19,23H,1,11-12,16-18H2,2-3H3,(H,32,42)(H2,35,36,37,41). The van der Waals surface area contributed by atoms with E-state index >= 15 is 0 Å². The minimum absolute atomic E-state index is 0.00365. The molecule has 2 amide bonds. The molecule has 1 saturated heterocycles. The summed E-state index contributed by atoms with van der Waals surface area (Å²) in [4.78, 5) is 31.8. The van der Waals surface area contributed by atoms with Crippen molar-refractivity contribution < 1.29 is 14.3 Å². The predicted molar refractivity (Wildman–Crippen MR) is 163 cm³/mol. The van der Waals surface area contributed by atoms with E-state index in [0.29, 0.717) is 17.1 Å². The number of methoxy groups -OCH3 is 1. The topological polar surface area (TPSA) is 139 Å².